The van der Waals surface area contributed by atoms with Crippen LogP contribution in [0.4, 0.5) is 20.2 Å². The molecule has 1 aliphatic rings. The Kier molecular flexibility index (Phi) is 5.68. The van der Waals surface area contributed by atoms with Gasteiger partial charge < -0.3 is 19.9 Å². The minimum absolute atomic E-state index is 0.121. The molecule has 0 saturated carbocycles. The fourth-order valence-electron chi connectivity index (χ4n) is 3.08. The van der Waals surface area contributed by atoms with E-state index in [0.29, 0.717) is 0 Å². The first kappa shape index (κ1) is 18.1. The third-order valence-electron chi connectivity index (χ3n) is 4.50. The Morgan fingerprint density at radius 1 is 1.19 bits per heavy atom. The van der Waals surface area contributed by atoms with E-state index in [9.17, 15) is 13.6 Å². The molecule has 0 unspecified atom stereocenters. The summed E-state index contributed by atoms with van der Waals surface area (Å²) in [6, 6.07) is 10.9. The number of halogens is 2. The third-order valence-corrected chi connectivity index (χ3v) is 4.50. The molecule has 0 bridgehead atoms. The lowest BCUT2D eigenvalue weighted by molar-refractivity contribution is -0.892. The first-order valence-corrected chi connectivity index (χ1v) is 8.52. The Balaban J connectivity index is 1.52. The van der Waals surface area contributed by atoms with Crippen molar-refractivity contribution < 1.29 is 23.2 Å². The molecule has 2 aromatic rings. The van der Waals surface area contributed by atoms with Crippen molar-refractivity contribution in [3.05, 3.63) is 54.1 Å². The summed E-state index contributed by atoms with van der Waals surface area (Å²) in [6.07, 6.45) is 0. The fourth-order valence-corrected chi connectivity index (χ4v) is 3.08. The molecule has 138 valence electrons. The highest BCUT2D eigenvalue weighted by molar-refractivity contribution is 5.91. The number of piperazine rings is 1. The molecule has 0 aliphatic carbocycles. The SMILES string of the molecule is COc1cccc(N2CC[NH+](CC(=O)Nc3cc(F)ccc3F)CC2)c1. The average Bonchev–Trinajstić information content (AvgIpc) is 2.65. The van der Waals surface area contributed by atoms with Crippen molar-refractivity contribution in [2.45, 2.75) is 0 Å². The maximum absolute atomic E-state index is 13.6. The summed E-state index contributed by atoms with van der Waals surface area (Å²) >= 11 is 0. The lowest BCUT2D eigenvalue weighted by Crippen LogP contribution is -3.15. The second kappa shape index (κ2) is 8.14. The van der Waals surface area contributed by atoms with Crippen molar-refractivity contribution in [2.75, 3.05) is 50.1 Å². The lowest BCUT2D eigenvalue weighted by atomic mass is 10.2. The van der Waals surface area contributed by atoms with Crippen LogP contribution in [-0.4, -0.2) is 45.7 Å². The number of methoxy groups -OCH3 is 1. The van der Waals surface area contributed by atoms with Crippen LogP contribution >= 0.6 is 0 Å². The summed E-state index contributed by atoms with van der Waals surface area (Å²) in [7, 11) is 1.64. The van der Waals surface area contributed by atoms with Crippen LogP contribution in [-0.2, 0) is 4.79 Å². The second-order valence-electron chi connectivity index (χ2n) is 6.29. The molecule has 0 radical (unpaired) electrons. The van der Waals surface area contributed by atoms with Crippen molar-refractivity contribution in [1.82, 2.24) is 0 Å². The molecule has 0 atom stereocenters. The van der Waals surface area contributed by atoms with Gasteiger partial charge in [-0.2, -0.15) is 0 Å². The van der Waals surface area contributed by atoms with Gasteiger partial charge in [-0.15, -0.1) is 0 Å². The Morgan fingerprint density at radius 3 is 2.69 bits per heavy atom. The van der Waals surface area contributed by atoms with E-state index in [1.807, 2.05) is 24.3 Å². The quantitative estimate of drug-likeness (QED) is 0.843. The molecule has 1 saturated heterocycles. The van der Waals surface area contributed by atoms with Gasteiger partial charge in [0.05, 0.1) is 39.0 Å². The molecule has 7 heteroatoms. The standard InChI is InChI=1S/C19H21F2N3O2/c1-26-16-4-2-3-15(12-16)24-9-7-23(8-10-24)13-19(25)22-18-11-14(20)5-6-17(18)21/h2-6,11-12H,7-10,13H2,1H3,(H,22,25)/p+1. The van der Waals surface area contributed by atoms with Crippen LogP contribution in [0.25, 0.3) is 0 Å². The van der Waals surface area contributed by atoms with Crippen molar-refractivity contribution in [3.63, 3.8) is 0 Å². The second-order valence-corrected chi connectivity index (χ2v) is 6.29. The number of anilines is 2. The molecule has 3 rings (SSSR count). The molecule has 26 heavy (non-hydrogen) atoms. The molecule has 0 spiro atoms. The van der Waals surface area contributed by atoms with E-state index in [-0.39, 0.29) is 18.1 Å². The van der Waals surface area contributed by atoms with E-state index in [1.54, 1.807) is 7.11 Å². The van der Waals surface area contributed by atoms with E-state index < -0.39 is 11.6 Å². The van der Waals surface area contributed by atoms with Crippen LogP contribution in [0, 0.1) is 11.6 Å². The molecule has 1 aliphatic heterocycles. The number of quaternary nitrogens is 1. The van der Waals surface area contributed by atoms with E-state index in [0.717, 1.165) is 60.7 Å². The van der Waals surface area contributed by atoms with Crippen LogP contribution in [0.3, 0.4) is 0 Å². The average molecular weight is 362 g/mol. The van der Waals surface area contributed by atoms with Crippen LogP contribution in [0.1, 0.15) is 0 Å². The molecule has 1 fully saturated rings. The van der Waals surface area contributed by atoms with E-state index in [1.165, 1.54) is 0 Å². The molecule has 1 amide bonds. The largest absolute Gasteiger partial charge is 0.497 e. The molecule has 5 nitrogen and oxygen atoms in total. The van der Waals surface area contributed by atoms with Gasteiger partial charge in [0, 0.05) is 17.8 Å². The highest BCUT2D eigenvalue weighted by atomic mass is 19.1. The van der Waals surface area contributed by atoms with Crippen LogP contribution in [0.15, 0.2) is 42.5 Å². The molecule has 2 N–H and O–H groups in total. The van der Waals surface area contributed by atoms with Gasteiger partial charge in [0.25, 0.3) is 5.91 Å². The third kappa shape index (κ3) is 4.49. The number of nitrogens with one attached hydrogen (secondary N) is 2. The number of amides is 1. The monoisotopic (exact) mass is 362 g/mol. The van der Waals surface area contributed by atoms with Gasteiger partial charge in [0.1, 0.15) is 17.4 Å². The number of hydrogen-bond acceptors (Lipinski definition) is 3. The first-order chi connectivity index (χ1) is 12.5. The molecule has 0 aromatic heterocycles. The van der Waals surface area contributed by atoms with E-state index >= 15 is 0 Å². The van der Waals surface area contributed by atoms with Crippen LogP contribution in [0.2, 0.25) is 0 Å². The van der Waals surface area contributed by atoms with Gasteiger partial charge in [-0.3, -0.25) is 4.79 Å². The maximum Gasteiger partial charge on any atom is 0.279 e. The minimum Gasteiger partial charge on any atom is -0.497 e. The number of nitrogens with zero attached hydrogens (tertiary/aromatic N) is 1. The van der Waals surface area contributed by atoms with Gasteiger partial charge in [-0.25, -0.2) is 8.78 Å². The van der Waals surface area contributed by atoms with Gasteiger partial charge in [-0.05, 0) is 24.3 Å². The summed E-state index contributed by atoms with van der Waals surface area (Å²) in [4.78, 5) is 15.5. The van der Waals surface area contributed by atoms with Gasteiger partial charge >= 0.3 is 0 Å². The molecular weight excluding hydrogens is 340 g/mol. The van der Waals surface area contributed by atoms with Crippen LogP contribution in [0.5, 0.6) is 5.75 Å². The molecule has 1 heterocycles. The zero-order valence-corrected chi connectivity index (χ0v) is 14.6. The summed E-state index contributed by atoms with van der Waals surface area (Å²) in [5.41, 5.74) is 0.971. The number of rotatable bonds is 5. The number of ether oxygens (including phenoxy) is 1. The summed E-state index contributed by atoms with van der Waals surface area (Å²) in [6.45, 7) is 3.42. The molecular formula is C19H22F2N3O2+. The smallest absolute Gasteiger partial charge is 0.279 e. The first-order valence-electron chi connectivity index (χ1n) is 8.52. The lowest BCUT2D eigenvalue weighted by Gasteiger charge is -2.33. The Morgan fingerprint density at radius 2 is 1.96 bits per heavy atom. The summed E-state index contributed by atoms with van der Waals surface area (Å²) in [5.74, 6) is -0.730. The number of carbonyl (C=O) groups excluding carboxylic acids is 1. The Labute approximate surface area is 151 Å². The van der Waals surface area contributed by atoms with E-state index in [2.05, 4.69) is 10.2 Å². The fraction of sp³-hybridized carbons (Fsp3) is 0.316. The zero-order chi connectivity index (χ0) is 18.5. The Bertz CT molecular complexity index is 777. The molecule has 2 aromatic carbocycles. The number of hydrogen-bond donors (Lipinski definition) is 2. The van der Waals surface area contributed by atoms with Crippen molar-refractivity contribution >= 4 is 17.3 Å². The highest BCUT2D eigenvalue weighted by Gasteiger charge is 2.23. The van der Waals surface area contributed by atoms with Gasteiger partial charge in [0.2, 0.25) is 0 Å². The van der Waals surface area contributed by atoms with Crippen molar-refractivity contribution in [2.24, 2.45) is 0 Å². The van der Waals surface area contributed by atoms with Gasteiger partial charge in [-0.1, -0.05) is 6.07 Å². The summed E-state index contributed by atoms with van der Waals surface area (Å²) < 4.78 is 32.0. The number of carbonyl (C=O) groups is 1. The van der Waals surface area contributed by atoms with Crippen molar-refractivity contribution in [1.29, 1.82) is 0 Å². The zero-order valence-electron chi connectivity index (χ0n) is 14.6. The normalized spacial score (nSPS) is 15.0. The minimum atomic E-state index is -0.641. The summed E-state index contributed by atoms with van der Waals surface area (Å²) in [5, 5.41) is 2.45. The predicted octanol–water partition coefficient (Wildman–Crippen LogP) is 1.32. The predicted molar refractivity (Wildman–Crippen MR) is 95.8 cm³/mol. The maximum atomic E-state index is 13.6. The Hall–Kier alpha value is -2.67. The number of benzene rings is 2. The highest BCUT2D eigenvalue weighted by Crippen LogP contribution is 2.20. The van der Waals surface area contributed by atoms with E-state index in [4.69, 9.17) is 4.74 Å². The topological polar surface area (TPSA) is 46.0 Å². The van der Waals surface area contributed by atoms with Crippen molar-refractivity contribution in [3.8, 4) is 5.75 Å². The van der Waals surface area contributed by atoms with Gasteiger partial charge in [0.15, 0.2) is 6.54 Å². The van der Waals surface area contributed by atoms with Crippen LogP contribution < -0.4 is 19.9 Å².